The molecule has 4 heteroatoms. The zero-order valence-corrected chi connectivity index (χ0v) is 7.72. The van der Waals surface area contributed by atoms with Crippen molar-refractivity contribution >= 4 is 0 Å². The lowest BCUT2D eigenvalue weighted by molar-refractivity contribution is 0.740. The number of benzene rings is 1. The Balaban J connectivity index is 2.22. The Morgan fingerprint density at radius 1 is 1.29 bits per heavy atom. The quantitative estimate of drug-likeness (QED) is 0.554. The summed E-state index contributed by atoms with van der Waals surface area (Å²) in [6.07, 6.45) is 3.67. The van der Waals surface area contributed by atoms with Crippen molar-refractivity contribution in [3.63, 3.8) is 0 Å². The second-order valence-electron chi connectivity index (χ2n) is 3.00. The van der Waals surface area contributed by atoms with Crippen LogP contribution in [0.3, 0.4) is 0 Å². The van der Waals surface area contributed by atoms with Gasteiger partial charge in [-0.3, -0.25) is 11.3 Å². The lowest BCUT2D eigenvalue weighted by Gasteiger charge is -2.03. The Labute approximate surface area is 82.3 Å². The summed E-state index contributed by atoms with van der Waals surface area (Å²) in [5.41, 5.74) is 4.82. The molecule has 0 amide bonds. The zero-order valence-electron chi connectivity index (χ0n) is 7.72. The average Bonchev–Trinajstić information content (AvgIpc) is 2.72. The van der Waals surface area contributed by atoms with E-state index in [0.717, 1.165) is 11.3 Å². The van der Waals surface area contributed by atoms with Gasteiger partial charge in [-0.05, 0) is 23.8 Å². The Morgan fingerprint density at radius 2 is 2.07 bits per heavy atom. The molecule has 0 aliphatic heterocycles. The zero-order chi connectivity index (χ0) is 9.80. The highest BCUT2D eigenvalue weighted by atomic mass is 15.3. The fourth-order valence-electron chi connectivity index (χ4n) is 1.31. The molecule has 0 saturated heterocycles. The second kappa shape index (κ2) is 4.04. The maximum absolute atomic E-state index is 5.23. The standard InChI is InChI=1S/C10H12N4/c11-12-8-9-2-4-10(5-3-9)14-7-1-6-13-14/h1-7,12H,8,11H2. The molecule has 14 heavy (non-hydrogen) atoms. The summed E-state index contributed by atoms with van der Waals surface area (Å²) in [4.78, 5) is 0. The monoisotopic (exact) mass is 188 g/mol. The van der Waals surface area contributed by atoms with E-state index >= 15 is 0 Å². The molecule has 0 atom stereocenters. The minimum absolute atomic E-state index is 0.680. The van der Waals surface area contributed by atoms with Gasteiger partial charge in [-0.2, -0.15) is 5.10 Å². The van der Waals surface area contributed by atoms with Crippen LogP contribution >= 0.6 is 0 Å². The third kappa shape index (κ3) is 1.81. The molecule has 72 valence electrons. The summed E-state index contributed by atoms with van der Waals surface area (Å²) in [6, 6.07) is 9.97. The van der Waals surface area contributed by atoms with Crippen LogP contribution in [0.5, 0.6) is 0 Å². The molecule has 3 N–H and O–H groups in total. The number of aromatic nitrogens is 2. The molecule has 1 heterocycles. The van der Waals surface area contributed by atoms with Crippen LogP contribution in [0.4, 0.5) is 0 Å². The third-order valence-corrected chi connectivity index (χ3v) is 2.01. The van der Waals surface area contributed by atoms with E-state index in [9.17, 15) is 0 Å². The Kier molecular flexibility index (Phi) is 2.58. The maximum atomic E-state index is 5.23. The summed E-state index contributed by atoms with van der Waals surface area (Å²) in [5, 5.41) is 4.14. The molecule has 0 unspecified atom stereocenters. The summed E-state index contributed by atoms with van der Waals surface area (Å²) >= 11 is 0. The first-order valence-corrected chi connectivity index (χ1v) is 4.42. The van der Waals surface area contributed by atoms with E-state index in [-0.39, 0.29) is 0 Å². The van der Waals surface area contributed by atoms with E-state index in [1.807, 2.05) is 41.2 Å². The predicted octanol–water partition coefficient (Wildman–Crippen LogP) is 0.836. The van der Waals surface area contributed by atoms with E-state index in [1.165, 1.54) is 0 Å². The fraction of sp³-hybridized carbons (Fsp3) is 0.100. The molecule has 0 radical (unpaired) electrons. The molecule has 1 aromatic heterocycles. The maximum Gasteiger partial charge on any atom is 0.0645 e. The van der Waals surface area contributed by atoms with Crippen molar-refractivity contribution in [1.82, 2.24) is 15.2 Å². The minimum atomic E-state index is 0.680. The van der Waals surface area contributed by atoms with Crippen molar-refractivity contribution in [2.45, 2.75) is 6.54 Å². The number of hydrazine groups is 1. The summed E-state index contributed by atoms with van der Waals surface area (Å²) in [7, 11) is 0. The topological polar surface area (TPSA) is 55.9 Å². The van der Waals surface area contributed by atoms with Gasteiger partial charge in [-0.1, -0.05) is 12.1 Å². The number of rotatable bonds is 3. The molecule has 1 aromatic carbocycles. The van der Waals surface area contributed by atoms with Crippen LogP contribution in [0.25, 0.3) is 5.69 Å². The second-order valence-corrected chi connectivity index (χ2v) is 3.00. The minimum Gasteiger partial charge on any atom is -0.271 e. The van der Waals surface area contributed by atoms with Crippen LogP contribution in [0.2, 0.25) is 0 Å². The Hall–Kier alpha value is -1.65. The first-order chi connectivity index (χ1) is 6.90. The van der Waals surface area contributed by atoms with Crippen LogP contribution in [-0.2, 0) is 6.54 Å². The van der Waals surface area contributed by atoms with Gasteiger partial charge in [0.05, 0.1) is 5.69 Å². The summed E-state index contributed by atoms with van der Waals surface area (Å²) < 4.78 is 1.82. The van der Waals surface area contributed by atoms with Gasteiger partial charge in [0.15, 0.2) is 0 Å². The van der Waals surface area contributed by atoms with Gasteiger partial charge in [0.1, 0.15) is 0 Å². The molecule has 0 fully saturated rings. The predicted molar refractivity (Wildman–Crippen MR) is 54.6 cm³/mol. The van der Waals surface area contributed by atoms with Gasteiger partial charge in [-0.25, -0.2) is 4.68 Å². The molecular formula is C10H12N4. The van der Waals surface area contributed by atoms with E-state index in [1.54, 1.807) is 6.20 Å². The molecule has 2 aromatic rings. The molecule has 0 aliphatic rings. The summed E-state index contributed by atoms with van der Waals surface area (Å²) in [5.74, 6) is 5.23. The molecule has 4 nitrogen and oxygen atoms in total. The van der Waals surface area contributed by atoms with Crippen molar-refractivity contribution < 1.29 is 0 Å². The first kappa shape index (κ1) is 8.93. The Morgan fingerprint density at radius 3 is 2.64 bits per heavy atom. The number of hydrogen-bond acceptors (Lipinski definition) is 3. The van der Waals surface area contributed by atoms with Gasteiger partial charge in [-0.15, -0.1) is 0 Å². The van der Waals surface area contributed by atoms with E-state index in [2.05, 4.69) is 10.5 Å². The number of nitrogens with two attached hydrogens (primary N) is 1. The average molecular weight is 188 g/mol. The normalized spacial score (nSPS) is 10.4. The Bertz CT molecular complexity index is 377. The molecule has 0 aliphatic carbocycles. The highest BCUT2D eigenvalue weighted by Gasteiger charge is 1.95. The SMILES string of the molecule is NNCc1ccc(-n2cccn2)cc1. The van der Waals surface area contributed by atoms with Crippen LogP contribution < -0.4 is 11.3 Å². The van der Waals surface area contributed by atoms with Gasteiger partial charge < -0.3 is 0 Å². The summed E-state index contributed by atoms with van der Waals surface area (Å²) in [6.45, 7) is 0.680. The van der Waals surface area contributed by atoms with E-state index < -0.39 is 0 Å². The molecule has 2 rings (SSSR count). The van der Waals surface area contributed by atoms with E-state index in [0.29, 0.717) is 6.54 Å². The van der Waals surface area contributed by atoms with Gasteiger partial charge in [0, 0.05) is 18.9 Å². The number of nitrogens with zero attached hydrogens (tertiary/aromatic N) is 2. The van der Waals surface area contributed by atoms with Crippen molar-refractivity contribution in [1.29, 1.82) is 0 Å². The van der Waals surface area contributed by atoms with Gasteiger partial charge >= 0.3 is 0 Å². The highest BCUT2D eigenvalue weighted by molar-refractivity contribution is 5.33. The number of hydrogen-bond donors (Lipinski definition) is 2. The van der Waals surface area contributed by atoms with Crippen LogP contribution in [-0.4, -0.2) is 9.78 Å². The number of nitrogens with one attached hydrogen (secondary N) is 1. The van der Waals surface area contributed by atoms with Crippen molar-refractivity contribution in [3.8, 4) is 5.69 Å². The molecular weight excluding hydrogens is 176 g/mol. The van der Waals surface area contributed by atoms with Crippen LogP contribution in [0, 0.1) is 0 Å². The highest BCUT2D eigenvalue weighted by Crippen LogP contribution is 2.07. The van der Waals surface area contributed by atoms with Crippen LogP contribution in [0.1, 0.15) is 5.56 Å². The molecule has 0 saturated carbocycles. The van der Waals surface area contributed by atoms with Crippen LogP contribution in [0.15, 0.2) is 42.7 Å². The van der Waals surface area contributed by atoms with Crippen molar-refractivity contribution in [2.75, 3.05) is 0 Å². The third-order valence-electron chi connectivity index (χ3n) is 2.01. The largest absolute Gasteiger partial charge is 0.271 e. The van der Waals surface area contributed by atoms with E-state index in [4.69, 9.17) is 5.84 Å². The lowest BCUT2D eigenvalue weighted by Crippen LogP contribution is -2.20. The first-order valence-electron chi connectivity index (χ1n) is 4.42. The molecule has 0 spiro atoms. The van der Waals surface area contributed by atoms with Crippen molar-refractivity contribution in [2.24, 2.45) is 5.84 Å². The van der Waals surface area contributed by atoms with Crippen molar-refractivity contribution in [3.05, 3.63) is 48.3 Å². The lowest BCUT2D eigenvalue weighted by atomic mass is 10.2. The fourth-order valence-corrected chi connectivity index (χ4v) is 1.31. The smallest absolute Gasteiger partial charge is 0.0645 e. The van der Waals surface area contributed by atoms with Gasteiger partial charge in [0.2, 0.25) is 0 Å². The molecule has 0 bridgehead atoms. The van der Waals surface area contributed by atoms with Gasteiger partial charge in [0.25, 0.3) is 0 Å².